The van der Waals surface area contributed by atoms with E-state index in [-0.39, 0.29) is 28.1 Å². The number of aromatic nitrogens is 1. The number of aliphatic carboxylic acids is 1. The van der Waals surface area contributed by atoms with Crippen molar-refractivity contribution in [2.24, 2.45) is 5.92 Å². The second-order valence-electron chi connectivity index (χ2n) is 8.21. The first-order valence-corrected chi connectivity index (χ1v) is 13.1. The molecule has 1 heterocycles. The fourth-order valence-corrected chi connectivity index (χ4v) is 5.91. The number of anilines is 1. The number of halogens is 3. The van der Waals surface area contributed by atoms with Gasteiger partial charge in [-0.25, -0.2) is 14.2 Å². The lowest BCUT2D eigenvalue weighted by atomic mass is 9.92. The number of nitrogens with one attached hydrogen (secondary N) is 2. The second kappa shape index (κ2) is 11.6. The molecular weight excluding hydrogens is 528 g/mol. The van der Waals surface area contributed by atoms with E-state index in [2.05, 4.69) is 10.3 Å². The van der Waals surface area contributed by atoms with Gasteiger partial charge in [-0.05, 0) is 35.7 Å². The number of nitrogens with zero attached hydrogens (tertiary/aromatic N) is 1. The van der Waals surface area contributed by atoms with Crippen LogP contribution in [0, 0.1) is 17.1 Å². The van der Waals surface area contributed by atoms with E-state index in [0.717, 1.165) is 9.77 Å². The molecule has 2 aromatic carbocycles. The van der Waals surface area contributed by atoms with E-state index in [1.807, 2.05) is 13.8 Å². The van der Waals surface area contributed by atoms with Crippen LogP contribution in [0.25, 0.3) is 16.8 Å². The Morgan fingerprint density at radius 3 is 2.43 bits per heavy atom. The number of benzene rings is 2. The van der Waals surface area contributed by atoms with Crippen LogP contribution in [0.1, 0.15) is 33.3 Å². The Labute approximate surface area is 221 Å². The summed E-state index contributed by atoms with van der Waals surface area (Å²) < 4.78 is 14.9. The Morgan fingerprint density at radius 2 is 1.86 bits per heavy atom. The predicted octanol–water partition coefficient (Wildman–Crippen LogP) is 8.34. The molecular formula is C25H24Cl2FN3O2S2. The first-order valence-electron chi connectivity index (χ1n) is 10.7. The van der Waals surface area contributed by atoms with Crippen molar-refractivity contribution in [3.8, 4) is 11.3 Å². The molecule has 0 radical (unpaired) electrons. The summed E-state index contributed by atoms with van der Waals surface area (Å²) in [5.41, 5.74) is 1.62. The number of hydrogen-bond acceptors (Lipinski definition) is 6. The number of carboxylic acids is 1. The van der Waals surface area contributed by atoms with Crippen LogP contribution in [0.3, 0.4) is 0 Å². The number of hydrogen-bond donors (Lipinski definition) is 3. The molecule has 3 aromatic rings. The van der Waals surface area contributed by atoms with E-state index in [9.17, 15) is 14.3 Å². The van der Waals surface area contributed by atoms with Gasteiger partial charge in [-0.2, -0.15) is 0 Å². The van der Waals surface area contributed by atoms with Crippen molar-refractivity contribution in [2.75, 3.05) is 5.32 Å². The van der Waals surface area contributed by atoms with Crippen LogP contribution in [-0.4, -0.2) is 27.0 Å². The zero-order valence-electron chi connectivity index (χ0n) is 19.4. The predicted molar refractivity (Wildman–Crippen MR) is 146 cm³/mol. The SMILES string of the molecule is CC(C)Sc1sc(N/C(C(=O)O)=C(\C(=N)C(C)C)c2cccc(F)c2)nc1-c1ccc(Cl)c(Cl)c1. The summed E-state index contributed by atoms with van der Waals surface area (Å²) >= 11 is 15.2. The van der Waals surface area contributed by atoms with Gasteiger partial charge in [-0.15, -0.1) is 11.8 Å². The maximum Gasteiger partial charge on any atom is 0.353 e. The highest BCUT2D eigenvalue weighted by atomic mass is 35.5. The summed E-state index contributed by atoms with van der Waals surface area (Å²) in [5, 5.41) is 23.0. The second-order valence-corrected chi connectivity index (χ2v) is 11.9. The molecule has 184 valence electrons. The van der Waals surface area contributed by atoms with Crippen LogP contribution < -0.4 is 5.32 Å². The first kappa shape index (κ1) is 27.2. The molecule has 0 aliphatic heterocycles. The van der Waals surface area contributed by atoms with Crippen molar-refractivity contribution < 1.29 is 14.3 Å². The Hall–Kier alpha value is -2.39. The molecule has 35 heavy (non-hydrogen) atoms. The molecule has 0 fully saturated rings. The van der Waals surface area contributed by atoms with Gasteiger partial charge in [0.05, 0.1) is 19.9 Å². The smallest absolute Gasteiger partial charge is 0.353 e. The van der Waals surface area contributed by atoms with E-state index in [0.29, 0.717) is 26.4 Å². The van der Waals surface area contributed by atoms with Crippen LogP contribution >= 0.6 is 46.3 Å². The van der Waals surface area contributed by atoms with Crippen molar-refractivity contribution in [2.45, 2.75) is 37.2 Å². The van der Waals surface area contributed by atoms with Gasteiger partial charge in [0.25, 0.3) is 0 Å². The Morgan fingerprint density at radius 1 is 1.14 bits per heavy atom. The lowest BCUT2D eigenvalue weighted by molar-refractivity contribution is -0.132. The average molecular weight is 553 g/mol. The molecule has 0 unspecified atom stereocenters. The fraction of sp³-hybridized carbons (Fsp3) is 0.240. The van der Waals surface area contributed by atoms with E-state index >= 15 is 0 Å². The number of thiazole rings is 1. The maximum atomic E-state index is 14.0. The van der Waals surface area contributed by atoms with Crippen LogP contribution in [0.4, 0.5) is 9.52 Å². The van der Waals surface area contributed by atoms with E-state index in [1.165, 1.54) is 29.5 Å². The van der Waals surface area contributed by atoms with Crippen LogP contribution in [0.5, 0.6) is 0 Å². The fourth-order valence-electron chi connectivity index (χ4n) is 3.18. The van der Waals surface area contributed by atoms with Crippen molar-refractivity contribution in [3.05, 3.63) is 69.6 Å². The number of rotatable bonds is 9. The number of carbonyl (C=O) groups is 1. The zero-order valence-corrected chi connectivity index (χ0v) is 22.6. The van der Waals surface area contributed by atoms with Gasteiger partial charge in [0, 0.05) is 22.1 Å². The molecule has 0 aliphatic carbocycles. The summed E-state index contributed by atoms with van der Waals surface area (Å²) in [7, 11) is 0. The highest BCUT2D eigenvalue weighted by molar-refractivity contribution is 8.01. The van der Waals surface area contributed by atoms with E-state index in [4.69, 9.17) is 28.6 Å². The summed E-state index contributed by atoms with van der Waals surface area (Å²) in [6.07, 6.45) is 0. The van der Waals surface area contributed by atoms with Crippen LogP contribution in [0.2, 0.25) is 10.0 Å². The molecule has 0 amide bonds. The monoisotopic (exact) mass is 551 g/mol. The molecule has 3 rings (SSSR count). The van der Waals surface area contributed by atoms with Gasteiger partial charge in [-0.3, -0.25) is 0 Å². The third-order valence-corrected chi connectivity index (χ3v) is 7.71. The molecule has 1 aromatic heterocycles. The highest BCUT2D eigenvalue weighted by Gasteiger charge is 2.25. The summed E-state index contributed by atoms with van der Waals surface area (Å²) in [6.45, 7) is 7.66. The Bertz CT molecular complexity index is 1310. The van der Waals surface area contributed by atoms with Crippen LogP contribution in [-0.2, 0) is 4.79 Å². The number of thioether (sulfide) groups is 1. The van der Waals surface area contributed by atoms with Crippen molar-refractivity contribution in [1.29, 1.82) is 5.41 Å². The summed E-state index contributed by atoms with van der Waals surface area (Å²) in [4.78, 5) is 17.0. The molecule has 0 saturated heterocycles. The van der Waals surface area contributed by atoms with Gasteiger partial charge in [0.15, 0.2) is 5.13 Å². The van der Waals surface area contributed by atoms with E-state index in [1.54, 1.807) is 49.9 Å². The van der Waals surface area contributed by atoms with Crippen molar-refractivity contribution in [3.63, 3.8) is 0 Å². The Kier molecular flexibility index (Phi) is 8.99. The van der Waals surface area contributed by atoms with Crippen molar-refractivity contribution >= 4 is 68.7 Å². The van der Waals surface area contributed by atoms with Gasteiger partial charge in [-0.1, -0.05) is 80.4 Å². The highest BCUT2D eigenvalue weighted by Crippen LogP contribution is 2.42. The number of allylic oxidation sites excluding steroid dienone is 1. The quantitative estimate of drug-likeness (QED) is 0.141. The lowest BCUT2D eigenvalue weighted by Gasteiger charge is -2.17. The minimum Gasteiger partial charge on any atom is -0.477 e. The standard InChI is InChI=1S/C25H24Cl2FN3O2S2/c1-12(2)20(29)19(14-6-5-7-16(28)10-14)22(23(32)33)31-25-30-21(24(35-25)34-13(3)4)15-8-9-17(26)18(27)11-15/h5-13,29H,1-4H3,(H,30,31)(H,32,33)/b22-19-,29-20?. The van der Waals surface area contributed by atoms with Crippen molar-refractivity contribution in [1.82, 2.24) is 4.98 Å². The molecule has 0 bridgehead atoms. The molecule has 10 heteroatoms. The molecule has 5 nitrogen and oxygen atoms in total. The number of carboxylic acid groups (broad SMARTS) is 1. The van der Waals surface area contributed by atoms with Crippen LogP contribution in [0.15, 0.2) is 52.4 Å². The molecule has 0 atom stereocenters. The lowest BCUT2D eigenvalue weighted by Crippen LogP contribution is -2.19. The largest absolute Gasteiger partial charge is 0.477 e. The summed E-state index contributed by atoms with van der Waals surface area (Å²) in [6, 6.07) is 10.8. The maximum absolute atomic E-state index is 14.0. The third-order valence-electron chi connectivity index (χ3n) is 4.79. The molecule has 3 N–H and O–H groups in total. The van der Waals surface area contributed by atoms with Gasteiger partial charge >= 0.3 is 5.97 Å². The normalized spacial score (nSPS) is 12.1. The molecule has 0 saturated carbocycles. The summed E-state index contributed by atoms with van der Waals surface area (Å²) in [5.74, 6) is -2.09. The minimum absolute atomic E-state index is 0.0681. The van der Waals surface area contributed by atoms with E-state index < -0.39 is 11.8 Å². The topological polar surface area (TPSA) is 86.1 Å². The molecule has 0 spiro atoms. The first-order chi connectivity index (χ1) is 16.5. The van der Waals surface area contributed by atoms with Gasteiger partial charge in [0.2, 0.25) is 0 Å². The Balaban J connectivity index is 2.17. The minimum atomic E-state index is -1.28. The third kappa shape index (κ3) is 6.64. The van der Waals surface area contributed by atoms with Gasteiger partial charge in [0.1, 0.15) is 11.5 Å². The molecule has 0 aliphatic rings. The average Bonchev–Trinajstić information content (AvgIpc) is 3.16. The van der Waals surface area contributed by atoms with Gasteiger partial charge < -0.3 is 15.8 Å². The zero-order chi connectivity index (χ0) is 25.9.